The van der Waals surface area contributed by atoms with E-state index in [1.54, 1.807) is 25.1 Å². The van der Waals surface area contributed by atoms with Gasteiger partial charge in [0.25, 0.3) is 5.91 Å². The molecular formula is C12H11ClFN3O. The molecule has 0 saturated carbocycles. The molecule has 0 radical (unpaired) electrons. The number of carbonyl (C=O) groups excluding carboxylic acids is 1. The highest BCUT2D eigenvalue weighted by atomic mass is 35.5. The Morgan fingerprint density at radius 3 is 2.72 bits per heavy atom. The lowest BCUT2D eigenvalue weighted by Crippen LogP contribution is -2.16. The molecule has 0 atom stereocenters. The zero-order valence-corrected chi connectivity index (χ0v) is 10.6. The molecule has 0 unspecified atom stereocenters. The molecule has 0 aliphatic heterocycles. The van der Waals surface area contributed by atoms with E-state index in [1.807, 2.05) is 0 Å². The second-order valence-electron chi connectivity index (χ2n) is 3.70. The molecule has 0 heterocycles. The molecule has 1 N–H and O–H groups in total. The number of rotatable bonds is 3. The van der Waals surface area contributed by atoms with Crippen molar-refractivity contribution < 1.29 is 9.18 Å². The summed E-state index contributed by atoms with van der Waals surface area (Å²) in [7, 11) is 3.38. The fourth-order valence-electron chi connectivity index (χ4n) is 1.18. The number of anilines is 1. The summed E-state index contributed by atoms with van der Waals surface area (Å²) in [5, 5.41) is 11.4. The third-order valence-corrected chi connectivity index (χ3v) is 2.24. The van der Waals surface area contributed by atoms with Crippen LogP contribution in [0, 0.1) is 17.1 Å². The predicted octanol–water partition coefficient (Wildman–Crippen LogP) is 2.39. The number of nitrogens with one attached hydrogen (secondary N) is 1. The van der Waals surface area contributed by atoms with Crippen molar-refractivity contribution in [1.82, 2.24) is 4.90 Å². The van der Waals surface area contributed by atoms with Gasteiger partial charge in [-0.1, -0.05) is 11.6 Å². The van der Waals surface area contributed by atoms with Crippen LogP contribution in [0.25, 0.3) is 0 Å². The number of hydrogen-bond acceptors (Lipinski definition) is 3. The van der Waals surface area contributed by atoms with Gasteiger partial charge in [-0.2, -0.15) is 5.26 Å². The van der Waals surface area contributed by atoms with Gasteiger partial charge < -0.3 is 10.2 Å². The molecule has 0 aliphatic rings. The topological polar surface area (TPSA) is 56.1 Å². The van der Waals surface area contributed by atoms with Crippen LogP contribution >= 0.6 is 11.6 Å². The normalized spacial score (nSPS) is 10.7. The molecule has 1 aromatic carbocycles. The summed E-state index contributed by atoms with van der Waals surface area (Å²) in [5.74, 6) is -1.10. The zero-order chi connectivity index (χ0) is 13.7. The van der Waals surface area contributed by atoms with E-state index in [9.17, 15) is 9.18 Å². The lowest BCUT2D eigenvalue weighted by atomic mass is 10.2. The first-order valence-corrected chi connectivity index (χ1v) is 5.36. The number of nitriles is 1. The van der Waals surface area contributed by atoms with Crippen LogP contribution in [0.4, 0.5) is 10.1 Å². The molecule has 4 nitrogen and oxygen atoms in total. The number of benzene rings is 1. The van der Waals surface area contributed by atoms with Crippen LogP contribution < -0.4 is 5.32 Å². The summed E-state index contributed by atoms with van der Waals surface area (Å²) in [6.07, 6.45) is 1.38. The van der Waals surface area contributed by atoms with Crippen LogP contribution in [0.3, 0.4) is 0 Å². The summed E-state index contributed by atoms with van der Waals surface area (Å²) < 4.78 is 12.8. The van der Waals surface area contributed by atoms with Gasteiger partial charge in [0.05, 0.1) is 10.7 Å². The van der Waals surface area contributed by atoms with Crippen molar-refractivity contribution >= 4 is 23.2 Å². The zero-order valence-electron chi connectivity index (χ0n) is 9.87. The van der Waals surface area contributed by atoms with Crippen molar-refractivity contribution in [3.05, 3.63) is 40.8 Å². The molecule has 18 heavy (non-hydrogen) atoms. The van der Waals surface area contributed by atoms with Crippen LogP contribution in [0.15, 0.2) is 30.0 Å². The Labute approximate surface area is 109 Å². The van der Waals surface area contributed by atoms with Gasteiger partial charge in [-0.05, 0) is 18.2 Å². The maximum absolute atomic E-state index is 12.8. The third kappa shape index (κ3) is 3.75. The van der Waals surface area contributed by atoms with Crippen molar-refractivity contribution in [3.8, 4) is 6.07 Å². The molecule has 1 aromatic rings. The monoisotopic (exact) mass is 267 g/mol. The molecule has 1 amide bonds. The first-order chi connectivity index (χ1) is 8.43. The highest BCUT2D eigenvalue weighted by Gasteiger charge is 2.11. The van der Waals surface area contributed by atoms with Gasteiger partial charge in [0.2, 0.25) is 0 Å². The average molecular weight is 268 g/mol. The van der Waals surface area contributed by atoms with Crippen molar-refractivity contribution in [1.29, 1.82) is 5.26 Å². The lowest BCUT2D eigenvalue weighted by Gasteiger charge is -2.08. The Hall–Kier alpha value is -2.06. The summed E-state index contributed by atoms with van der Waals surface area (Å²) in [5.41, 5.74) is 0.184. The van der Waals surface area contributed by atoms with E-state index in [2.05, 4.69) is 5.32 Å². The number of halogens is 2. The van der Waals surface area contributed by atoms with E-state index >= 15 is 0 Å². The van der Waals surface area contributed by atoms with Gasteiger partial charge in [0.1, 0.15) is 17.5 Å². The second-order valence-corrected chi connectivity index (χ2v) is 4.10. The van der Waals surface area contributed by atoms with Gasteiger partial charge >= 0.3 is 0 Å². The first kappa shape index (κ1) is 14.0. The van der Waals surface area contributed by atoms with E-state index in [1.165, 1.54) is 18.3 Å². The van der Waals surface area contributed by atoms with Crippen molar-refractivity contribution in [3.63, 3.8) is 0 Å². The molecule has 0 bridgehead atoms. The fourth-order valence-corrected chi connectivity index (χ4v) is 1.39. The molecule has 0 fully saturated rings. The molecule has 0 saturated heterocycles. The Kier molecular flexibility index (Phi) is 4.69. The maximum atomic E-state index is 12.8. The number of hydrogen-bond donors (Lipinski definition) is 1. The number of amides is 1. The fraction of sp³-hybridized carbons (Fsp3) is 0.167. The van der Waals surface area contributed by atoms with E-state index in [4.69, 9.17) is 16.9 Å². The van der Waals surface area contributed by atoms with E-state index in [0.29, 0.717) is 0 Å². The minimum atomic E-state index is -0.597. The van der Waals surface area contributed by atoms with Crippen LogP contribution in [0.1, 0.15) is 0 Å². The molecule has 94 valence electrons. The van der Waals surface area contributed by atoms with Crippen LogP contribution in [0.2, 0.25) is 5.02 Å². The third-order valence-electron chi connectivity index (χ3n) is 1.93. The Morgan fingerprint density at radius 2 is 2.22 bits per heavy atom. The van der Waals surface area contributed by atoms with Gasteiger partial charge in [-0.15, -0.1) is 0 Å². The average Bonchev–Trinajstić information content (AvgIpc) is 2.29. The summed E-state index contributed by atoms with van der Waals surface area (Å²) >= 11 is 5.76. The summed E-state index contributed by atoms with van der Waals surface area (Å²) in [4.78, 5) is 13.3. The predicted molar refractivity (Wildman–Crippen MR) is 67.4 cm³/mol. The van der Waals surface area contributed by atoms with E-state index in [-0.39, 0.29) is 16.3 Å². The van der Waals surface area contributed by atoms with Crippen LogP contribution in [-0.4, -0.2) is 24.9 Å². The van der Waals surface area contributed by atoms with E-state index in [0.717, 1.165) is 6.07 Å². The van der Waals surface area contributed by atoms with Gasteiger partial charge in [0, 0.05) is 20.3 Å². The maximum Gasteiger partial charge on any atom is 0.267 e. The molecular weight excluding hydrogens is 257 g/mol. The standard InChI is InChI=1S/C12H11ClFN3O/c1-17(2)7-8(6-15)12(18)16-11-4-3-9(14)5-10(11)13/h3-5,7H,1-2H3,(H,16,18). The Morgan fingerprint density at radius 1 is 1.56 bits per heavy atom. The molecule has 1 rings (SSSR count). The quantitative estimate of drug-likeness (QED) is 0.676. The Balaban J connectivity index is 2.91. The first-order valence-electron chi connectivity index (χ1n) is 4.99. The Bertz CT molecular complexity index is 535. The van der Waals surface area contributed by atoms with Crippen LogP contribution in [0.5, 0.6) is 0 Å². The minimum Gasteiger partial charge on any atom is -0.382 e. The molecule has 0 aliphatic carbocycles. The smallest absolute Gasteiger partial charge is 0.267 e. The lowest BCUT2D eigenvalue weighted by molar-refractivity contribution is -0.112. The summed E-state index contributed by atoms with van der Waals surface area (Å²) in [6, 6.07) is 5.36. The molecule has 0 spiro atoms. The van der Waals surface area contributed by atoms with Crippen LogP contribution in [-0.2, 0) is 4.79 Å². The van der Waals surface area contributed by atoms with Crippen molar-refractivity contribution in [2.24, 2.45) is 0 Å². The SMILES string of the molecule is CN(C)C=C(C#N)C(=O)Nc1ccc(F)cc1Cl. The number of carbonyl (C=O) groups is 1. The van der Waals surface area contributed by atoms with E-state index < -0.39 is 11.7 Å². The highest BCUT2D eigenvalue weighted by molar-refractivity contribution is 6.34. The second kappa shape index (κ2) is 6.03. The van der Waals surface area contributed by atoms with Gasteiger partial charge in [-0.25, -0.2) is 4.39 Å². The van der Waals surface area contributed by atoms with Gasteiger partial charge in [-0.3, -0.25) is 4.79 Å². The number of nitrogens with zero attached hydrogens (tertiary/aromatic N) is 2. The molecule has 0 aromatic heterocycles. The molecule has 6 heteroatoms. The summed E-state index contributed by atoms with van der Waals surface area (Å²) in [6.45, 7) is 0. The van der Waals surface area contributed by atoms with Crippen molar-refractivity contribution in [2.45, 2.75) is 0 Å². The van der Waals surface area contributed by atoms with Gasteiger partial charge in [0.15, 0.2) is 0 Å². The largest absolute Gasteiger partial charge is 0.382 e. The van der Waals surface area contributed by atoms with Crippen molar-refractivity contribution in [2.75, 3.05) is 19.4 Å². The minimum absolute atomic E-state index is 0.0691. The highest BCUT2D eigenvalue weighted by Crippen LogP contribution is 2.22.